The number of nitrogens with one attached hydrogen (secondary N) is 2. The molecule has 3 aromatic carbocycles. The van der Waals surface area contributed by atoms with Gasteiger partial charge in [0.15, 0.2) is 5.78 Å². The molecule has 0 aliphatic carbocycles. The first-order valence-electron chi connectivity index (χ1n) is 14.6. The molecule has 1 unspecified atom stereocenters. The van der Waals surface area contributed by atoms with E-state index in [0.29, 0.717) is 29.8 Å². The number of hydrogen-bond donors (Lipinski definition) is 2. The fourth-order valence-corrected chi connectivity index (χ4v) is 4.66. The second-order valence-corrected chi connectivity index (χ2v) is 13.1. The maximum absolute atomic E-state index is 13.7. The first kappa shape index (κ1) is 32.5. The first-order valence-corrected chi connectivity index (χ1v) is 14.6. The second-order valence-electron chi connectivity index (χ2n) is 13.1. The lowest BCUT2D eigenvalue weighted by Crippen LogP contribution is -2.29. The molecule has 6 heteroatoms. The van der Waals surface area contributed by atoms with Crippen molar-refractivity contribution in [2.75, 3.05) is 10.6 Å². The Kier molecular flexibility index (Phi) is 10.6. The molecule has 2 N–H and O–H groups in total. The van der Waals surface area contributed by atoms with Crippen LogP contribution in [0.4, 0.5) is 11.4 Å². The third kappa shape index (κ3) is 9.51. The minimum absolute atomic E-state index is 0.00189. The molecule has 0 radical (unpaired) electrons. The molecule has 3 aromatic rings. The zero-order valence-corrected chi connectivity index (χ0v) is 26.0. The summed E-state index contributed by atoms with van der Waals surface area (Å²) in [6.07, 6.45) is 1.21. The van der Waals surface area contributed by atoms with Crippen LogP contribution in [0.5, 0.6) is 0 Å². The molecule has 0 spiro atoms. The van der Waals surface area contributed by atoms with Gasteiger partial charge in [0.2, 0.25) is 11.8 Å². The van der Waals surface area contributed by atoms with Gasteiger partial charge in [-0.15, -0.1) is 0 Å². The highest BCUT2D eigenvalue weighted by Gasteiger charge is 2.29. The molecule has 222 valence electrons. The number of ketones is 2. The number of Topliss-reactive ketones (excluding diaryl/α,β-unsaturated/α-hetero) is 2. The molecule has 0 aliphatic rings. The van der Waals surface area contributed by atoms with Crippen molar-refractivity contribution in [3.05, 3.63) is 95.1 Å². The lowest BCUT2D eigenvalue weighted by atomic mass is 9.85. The first-order chi connectivity index (χ1) is 19.6. The summed E-state index contributed by atoms with van der Waals surface area (Å²) in [6, 6.07) is 22.4. The quantitative estimate of drug-likeness (QED) is 0.234. The lowest BCUT2D eigenvalue weighted by Gasteiger charge is -2.21. The normalized spacial score (nSPS) is 12.4. The number of anilines is 2. The van der Waals surface area contributed by atoms with E-state index in [1.807, 2.05) is 48.5 Å². The van der Waals surface area contributed by atoms with Crippen molar-refractivity contribution < 1.29 is 19.2 Å². The Balaban J connectivity index is 1.82. The molecule has 3 rings (SSSR count). The molecule has 6 nitrogen and oxygen atoms in total. The monoisotopic (exact) mass is 568 g/mol. The summed E-state index contributed by atoms with van der Waals surface area (Å²) in [5.41, 5.74) is 4.87. The molecule has 0 bridgehead atoms. The van der Waals surface area contributed by atoms with Crippen molar-refractivity contribution in [1.29, 1.82) is 0 Å². The predicted molar refractivity (Wildman–Crippen MR) is 170 cm³/mol. The zero-order chi connectivity index (χ0) is 31.1. The smallest absolute Gasteiger partial charge is 0.239 e. The Bertz CT molecular complexity index is 1320. The summed E-state index contributed by atoms with van der Waals surface area (Å²) in [4.78, 5) is 50.7. The van der Waals surface area contributed by atoms with Crippen LogP contribution in [0.25, 0.3) is 0 Å². The van der Waals surface area contributed by atoms with Crippen molar-refractivity contribution in [1.82, 2.24) is 0 Å². The van der Waals surface area contributed by atoms with E-state index in [1.54, 1.807) is 24.3 Å². The number of hydrogen-bond acceptors (Lipinski definition) is 4. The van der Waals surface area contributed by atoms with E-state index < -0.39 is 11.8 Å². The van der Waals surface area contributed by atoms with Crippen LogP contribution in [0.3, 0.4) is 0 Å². The molecule has 0 heterocycles. The minimum atomic E-state index is -1.03. The highest BCUT2D eigenvalue weighted by atomic mass is 16.2. The van der Waals surface area contributed by atoms with Gasteiger partial charge in [0.1, 0.15) is 11.7 Å². The van der Waals surface area contributed by atoms with Crippen molar-refractivity contribution >= 4 is 34.8 Å². The largest absolute Gasteiger partial charge is 0.326 e. The van der Waals surface area contributed by atoms with Crippen LogP contribution in [0.15, 0.2) is 72.8 Å². The van der Waals surface area contributed by atoms with Crippen LogP contribution in [0, 0.1) is 0 Å². The van der Waals surface area contributed by atoms with Crippen LogP contribution in [0.1, 0.15) is 95.9 Å². The summed E-state index contributed by atoms with van der Waals surface area (Å²) < 4.78 is 0. The van der Waals surface area contributed by atoms with E-state index in [2.05, 4.69) is 52.2 Å². The maximum Gasteiger partial charge on any atom is 0.239 e. The summed E-state index contributed by atoms with van der Waals surface area (Å²) in [5, 5.41) is 5.76. The predicted octanol–water partition coefficient (Wildman–Crippen LogP) is 7.51. The highest BCUT2D eigenvalue weighted by Crippen LogP contribution is 2.27. The maximum atomic E-state index is 13.7. The number of amides is 2. The molecular weight excluding hydrogens is 524 g/mol. The van der Waals surface area contributed by atoms with E-state index in [4.69, 9.17) is 0 Å². The van der Waals surface area contributed by atoms with Crippen LogP contribution in [-0.4, -0.2) is 23.4 Å². The summed E-state index contributed by atoms with van der Waals surface area (Å²) in [7, 11) is 0. The molecule has 0 aliphatic heterocycles. The van der Waals surface area contributed by atoms with E-state index in [9.17, 15) is 19.2 Å². The van der Waals surface area contributed by atoms with Gasteiger partial charge in [0, 0.05) is 30.6 Å². The molecule has 0 aromatic heterocycles. The van der Waals surface area contributed by atoms with Gasteiger partial charge >= 0.3 is 0 Å². The van der Waals surface area contributed by atoms with Crippen LogP contribution in [-0.2, 0) is 36.4 Å². The Hall–Kier alpha value is -4.06. The molecule has 1 atom stereocenters. The summed E-state index contributed by atoms with van der Waals surface area (Å²) in [6.45, 7) is 14.3. The van der Waals surface area contributed by atoms with Gasteiger partial charge in [0.25, 0.3) is 0 Å². The van der Waals surface area contributed by atoms with Crippen molar-refractivity contribution in [2.24, 2.45) is 0 Å². The Morgan fingerprint density at radius 1 is 0.643 bits per heavy atom. The van der Waals surface area contributed by atoms with Gasteiger partial charge in [-0.2, -0.15) is 0 Å². The van der Waals surface area contributed by atoms with Crippen molar-refractivity contribution in [3.8, 4) is 0 Å². The van der Waals surface area contributed by atoms with Gasteiger partial charge in [-0.3, -0.25) is 14.4 Å². The topological polar surface area (TPSA) is 92.3 Å². The molecule has 0 fully saturated rings. The van der Waals surface area contributed by atoms with Crippen LogP contribution < -0.4 is 10.6 Å². The van der Waals surface area contributed by atoms with E-state index in [0.717, 1.165) is 11.1 Å². The third-order valence-corrected chi connectivity index (χ3v) is 7.26. The summed E-state index contributed by atoms with van der Waals surface area (Å²) >= 11 is 0. The standard InChI is InChI=1S/C36H44N2O4/c1-24(39)9-8-10-32(41)37-29-19-13-26(14-20-29)33(31(40)23-25-11-15-27(16-12-25)35(2,3)4)34(42)38-30-21-17-28(18-22-30)36(5,6)7/h11-22,33H,8-10,23H2,1-7H3,(H,37,41)(H,38,42). The lowest BCUT2D eigenvalue weighted by molar-refractivity contribution is -0.127. The van der Waals surface area contributed by atoms with Crippen LogP contribution in [0.2, 0.25) is 0 Å². The van der Waals surface area contributed by atoms with E-state index >= 15 is 0 Å². The third-order valence-electron chi connectivity index (χ3n) is 7.26. The van der Waals surface area contributed by atoms with Gasteiger partial charge in [-0.05, 0) is 70.7 Å². The van der Waals surface area contributed by atoms with Gasteiger partial charge < -0.3 is 15.4 Å². The SMILES string of the molecule is CC(=O)CCCC(=O)Nc1ccc(C(C(=O)Cc2ccc(C(C)(C)C)cc2)C(=O)Nc2ccc(C(C)(C)C)cc2)cc1. The van der Waals surface area contributed by atoms with E-state index in [-0.39, 0.29) is 41.1 Å². The average Bonchev–Trinajstić information content (AvgIpc) is 2.89. The van der Waals surface area contributed by atoms with Gasteiger partial charge in [0.05, 0.1) is 0 Å². The highest BCUT2D eigenvalue weighted by molar-refractivity contribution is 6.12. The zero-order valence-electron chi connectivity index (χ0n) is 26.0. The average molecular weight is 569 g/mol. The van der Waals surface area contributed by atoms with Crippen molar-refractivity contribution in [2.45, 2.75) is 90.9 Å². The molecule has 2 amide bonds. The molecule has 0 saturated heterocycles. The minimum Gasteiger partial charge on any atom is -0.326 e. The fourth-order valence-electron chi connectivity index (χ4n) is 4.66. The number of benzene rings is 3. The van der Waals surface area contributed by atoms with Gasteiger partial charge in [-0.1, -0.05) is 90.1 Å². The van der Waals surface area contributed by atoms with Crippen molar-refractivity contribution in [3.63, 3.8) is 0 Å². The Labute approximate surface area is 250 Å². The molecular formula is C36H44N2O4. The van der Waals surface area contributed by atoms with E-state index in [1.165, 1.54) is 12.5 Å². The van der Waals surface area contributed by atoms with Crippen LogP contribution >= 0.6 is 0 Å². The second kappa shape index (κ2) is 13.7. The molecule has 0 saturated carbocycles. The number of carbonyl (C=O) groups excluding carboxylic acids is 4. The van der Waals surface area contributed by atoms with Gasteiger partial charge in [-0.25, -0.2) is 0 Å². The molecule has 42 heavy (non-hydrogen) atoms. The summed E-state index contributed by atoms with van der Waals surface area (Å²) in [5.74, 6) is -1.79. The fraction of sp³-hybridized carbons (Fsp3) is 0.389. The number of carbonyl (C=O) groups is 4. The number of rotatable bonds is 11. The Morgan fingerprint density at radius 3 is 1.62 bits per heavy atom. The Morgan fingerprint density at radius 2 is 1.12 bits per heavy atom.